The molecule has 0 heterocycles. The zero-order valence-electron chi connectivity index (χ0n) is 10.1. The van der Waals surface area contributed by atoms with Gasteiger partial charge in [-0.05, 0) is 6.42 Å². The predicted molar refractivity (Wildman–Crippen MR) is 62.5 cm³/mol. The second-order valence-corrected chi connectivity index (χ2v) is 4.28. The topological polar surface area (TPSA) is 17.1 Å². The van der Waals surface area contributed by atoms with Crippen LogP contribution in [-0.4, -0.2) is 5.78 Å². The molecule has 0 radical (unpaired) electrons. The van der Waals surface area contributed by atoms with Crippen molar-refractivity contribution >= 4 is 5.78 Å². The van der Waals surface area contributed by atoms with Gasteiger partial charge in [0.1, 0.15) is 5.78 Å². The zero-order chi connectivity index (χ0) is 10.8. The third-order valence-electron chi connectivity index (χ3n) is 2.89. The normalized spacial score (nSPS) is 12.8. The summed E-state index contributed by atoms with van der Waals surface area (Å²) in [6.45, 7) is 6.26. The lowest BCUT2D eigenvalue weighted by Gasteiger charge is -2.08. The molecular formula is C13H26O. The highest BCUT2D eigenvalue weighted by Gasteiger charge is 2.09. The minimum absolute atomic E-state index is 0.297. The van der Waals surface area contributed by atoms with Crippen molar-refractivity contribution < 1.29 is 4.79 Å². The van der Waals surface area contributed by atoms with Crippen molar-refractivity contribution in [2.75, 3.05) is 0 Å². The van der Waals surface area contributed by atoms with Crippen LogP contribution in [0.5, 0.6) is 0 Å². The summed E-state index contributed by atoms with van der Waals surface area (Å²) in [5, 5.41) is 0. The number of carbonyl (C=O) groups excluding carboxylic acids is 1. The number of unbranched alkanes of at least 4 members (excludes halogenated alkanes) is 5. The Morgan fingerprint density at radius 3 is 2.14 bits per heavy atom. The maximum Gasteiger partial charge on any atom is 0.135 e. The van der Waals surface area contributed by atoms with Crippen LogP contribution in [0.15, 0.2) is 0 Å². The van der Waals surface area contributed by atoms with Gasteiger partial charge in [-0.15, -0.1) is 0 Å². The molecule has 0 saturated heterocycles. The van der Waals surface area contributed by atoms with Crippen molar-refractivity contribution in [3.8, 4) is 0 Å². The van der Waals surface area contributed by atoms with Crippen molar-refractivity contribution in [2.45, 2.75) is 72.1 Å². The van der Waals surface area contributed by atoms with E-state index in [1.807, 2.05) is 6.92 Å². The van der Waals surface area contributed by atoms with Gasteiger partial charge < -0.3 is 0 Å². The van der Waals surface area contributed by atoms with Crippen LogP contribution >= 0.6 is 0 Å². The first kappa shape index (κ1) is 13.7. The highest BCUT2D eigenvalue weighted by Crippen LogP contribution is 2.13. The first-order valence-corrected chi connectivity index (χ1v) is 6.25. The minimum atomic E-state index is 0.297. The van der Waals surface area contributed by atoms with Crippen LogP contribution < -0.4 is 0 Å². The SMILES string of the molecule is CCCCCCCC[C@H](C)C(=O)CC. The van der Waals surface area contributed by atoms with Crippen molar-refractivity contribution in [3.05, 3.63) is 0 Å². The van der Waals surface area contributed by atoms with Gasteiger partial charge in [-0.3, -0.25) is 4.79 Å². The standard InChI is InChI=1S/C13H26O/c1-4-6-7-8-9-10-11-12(3)13(14)5-2/h12H,4-11H2,1-3H3/t12-/m0/s1. The summed E-state index contributed by atoms with van der Waals surface area (Å²) in [5.74, 6) is 0.727. The molecule has 0 spiro atoms. The van der Waals surface area contributed by atoms with Gasteiger partial charge in [0.25, 0.3) is 0 Å². The maximum atomic E-state index is 11.3. The molecule has 0 N–H and O–H groups in total. The van der Waals surface area contributed by atoms with E-state index < -0.39 is 0 Å². The van der Waals surface area contributed by atoms with E-state index in [2.05, 4.69) is 13.8 Å². The highest BCUT2D eigenvalue weighted by molar-refractivity contribution is 5.80. The number of carbonyl (C=O) groups is 1. The molecule has 0 fully saturated rings. The summed E-state index contributed by atoms with van der Waals surface area (Å²) in [6, 6.07) is 0. The van der Waals surface area contributed by atoms with E-state index in [1.54, 1.807) is 0 Å². The van der Waals surface area contributed by atoms with E-state index in [0.717, 1.165) is 6.42 Å². The minimum Gasteiger partial charge on any atom is -0.299 e. The van der Waals surface area contributed by atoms with Gasteiger partial charge in [0, 0.05) is 12.3 Å². The van der Waals surface area contributed by atoms with E-state index in [1.165, 1.54) is 38.5 Å². The molecule has 0 saturated carbocycles. The molecule has 0 bridgehead atoms. The van der Waals surface area contributed by atoms with Gasteiger partial charge in [0.05, 0.1) is 0 Å². The first-order valence-electron chi connectivity index (χ1n) is 6.25. The van der Waals surface area contributed by atoms with E-state index in [4.69, 9.17) is 0 Å². The quantitative estimate of drug-likeness (QED) is 0.503. The summed E-state index contributed by atoms with van der Waals surface area (Å²) < 4.78 is 0. The Bertz CT molecular complexity index is 140. The fourth-order valence-electron chi connectivity index (χ4n) is 1.74. The summed E-state index contributed by atoms with van der Waals surface area (Å²) >= 11 is 0. The molecule has 0 unspecified atom stereocenters. The van der Waals surface area contributed by atoms with E-state index >= 15 is 0 Å². The molecule has 14 heavy (non-hydrogen) atoms. The third-order valence-corrected chi connectivity index (χ3v) is 2.89. The summed E-state index contributed by atoms with van der Waals surface area (Å²) in [5.41, 5.74) is 0. The van der Waals surface area contributed by atoms with Crippen LogP contribution in [-0.2, 0) is 4.79 Å². The number of rotatable bonds is 9. The molecule has 0 amide bonds. The molecule has 0 aliphatic rings. The average Bonchev–Trinajstić information content (AvgIpc) is 2.21. The lowest BCUT2D eigenvalue weighted by atomic mass is 9.97. The van der Waals surface area contributed by atoms with Crippen LogP contribution in [0, 0.1) is 5.92 Å². The van der Waals surface area contributed by atoms with E-state index in [-0.39, 0.29) is 0 Å². The molecular weight excluding hydrogens is 172 g/mol. The van der Waals surface area contributed by atoms with Crippen LogP contribution in [0.4, 0.5) is 0 Å². The van der Waals surface area contributed by atoms with Gasteiger partial charge >= 0.3 is 0 Å². The molecule has 1 heteroatoms. The number of ketones is 1. The number of hydrogen-bond acceptors (Lipinski definition) is 1. The lowest BCUT2D eigenvalue weighted by Crippen LogP contribution is -2.08. The van der Waals surface area contributed by atoms with Gasteiger partial charge in [-0.2, -0.15) is 0 Å². The Labute approximate surface area is 89.3 Å². The van der Waals surface area contributed by atoms with Crippen LogP contribution in [0.3, 0.4) is 0 Å². The van der Waals surface area contributed by atoms with Crippen molar-refractivity contribution in [1.82, 2.24) is 0 Å². The number of Topliss-reactive ketones (excluding diaryl/α,β-unsaturated/α-hetero) is 1. The monoisotopic (exact) mass is 198 g/mol. The second-order valence-electron chi connectivity index (χ2n) is 4.28. The van der Waals surface area contributed by atoms with Crippen LogP contribution in [0.1, 0.15) is 72.1 Å². The second kappa shape index (κ2) is 9.23. The third kappa shape index (κ3) is 7.11. The Balaban J connectivity index is 3.23. The van der Waals surface area contributed by atoms with Crippen molar-refractivity contribution in [2.24, 2.45) is 5.92 Å². The fraction of sp³-hybridized carbons (Fsp3) is 0.923. The number of hydrogen-bond donors (Lipinski definition) is 0. The van der Waals surface area contributed by atoms with Gasteiger partial charge in [-0.1, -0.05) is 59.3 Å². The average molecular weight is 198 g/mol. The Morgan fingerprint density at radius 1 is 1.00 bits per heavy atom. The molecule has 84 valence electrons. The molecule has 0 aromatic heterocycles. The zero-order valence-corrected chi connectivity index (χ0v) is 10.1. The van der Waals surface area contributed by atoms with Crippen molar-refractivity contribution in [3.63, 3.8) is 0 Å². The Kier molecular flexibility index (Phi) is 9.02. The lowest BCUT2D eigenvalue weighted by molar-refractivity contribution is -0.122. The van der Waals surface area contributed by atoms with Gasteiger partial charge in [0.2, 0.25) is 0 Å². The van der Waals surface area contributed by atoms with E-state index in [0.29, 0.717) is 18.1 Å². The molecule has 0 aliphatic carbocycles. The highest BCUT2D eigenvalue weighted by atomic mass is 16.1. The summed E-state index contributed by atoms with van der Waals surface area (Å²) in [7, 11) is 0. The summed E-state index contributed by atoms with van der Waals surface area (Å²) in [6.07, 6.45) is 9.73. The largest absolute Gasteiger partial charge is 0.299 e. The molecule has 1 atom stereocenters. The van der Waals surface area contributed by atoms with Gasteiger partial charge in [0.15, 0.2) is 0 Å². The molecule has 0 aromatic rings. The van der Waals surface area contributed by atoms with Gasteiger partial charge in [-0.25, -0.2) is 0 Å². The fourth-order valence-corrected chi connectivity index (χ4v) is 1.74. The van der Waals surface area contributed by atoms with E-state index in [9.17, 15) is 4.79 Å². The predicted octanol–water partition coefficient (Wildman–Crippen LogP) is 4.35. The molecule has 1 nitrogen and oxygen atoms in total. The summed E-state index contributed by atoms with van der Waals surface area (Å²) in [4.78, 5) is 11.3. The Hall–Kier alpha value is -0.330. The van der Waals surface area contributed by atoms with Crippen molar-refractivity contribution in [1.29, 1.82) is 0 Å². The van der Waals surface area contributed by atoms with Crippen LogP contribution in [0.2, 0.25) is 0 Å². The van der Waals surface area contributed by atoms with Crippen LogP contribution in [0.25, 0.3) is 0 Å². The first-order chi connectivity index (χ1) is 6.72. The smallest absolute Gasteiger partial charge is 0.135 e. The molecule has 0 aliphatic heterocycles. The molecule has 0 aromatic carbocycles. The Morgan fingerprint density at radius 2 is 1.57 bits per heavy atom. The maximum absolute atomic E-state index is 11.3. The molecule has 0 rings (SSSR count).